The number of ether oxygens (including phenoxy) is 1. The van der Waals surface area contributed by atoms with Gasteiger partial charge in [0.2, 0.25) is 0 Å². The number of benzene rings is 2. The van der Waals surface area contributed by atoms with E-state index in [1.807, 2.05) is 18.2 Å². The molecule has 23 heavy (non-hydrogen) atoms. The van der Waals surface area contributed by atoms with Crippen molar-refractivity contribution < 1.29 is 9.53 Å². The maximum atomic E-state index is 11.7. The Morgan fingerprint density at radius 1 is 1.13 bits per heavy atom. The van der Waals surface area contributed by atoms with Crippen molar-refractivity contribution in [3.63, 3.8) is 0 Å². The van der Waals surface area contributed by atoms with Gasteiger partial charge in [-0.05, 0) is 18.6 Å². The Bertz CT molecular complexity index is 722. The van der Waals surface area contributed by atoms with Crippen LogP contribution in [0.4, 0.5) is 5.69 Å². The van der Waals surface area contributed by atoms with Crippen LogP contribution in [0.5, 0.6) is 0 Å². The van der Waals surface area contributed by atoms with Crippen LogP contribution in [0.1, 0.15) is 49.6 Å². The first-order valence-electron chi connectivity index (χ1n) is 7.99. The second-order valence-corrected chi connectivity index (χ2v) is 6.89. The van der Waals surface area contributed by atoms with Gasteiger partial charge in [-0.1, -0.05) is 61.9 Å². The summed E-state index contributed by atoms with van der Waals surface area (Å²) < 4.78 is 5.76. The topological polar surface area (TPSA) is 38.3 Å². The molecule has 2 aromatic carbocycles. The molecule has 3 heteroatoms. The molecule has 120 valence electrons. The summed E-state index contributed by atoms with van der Waals surface area (Å²) in [4.78, 5) is 11.7. The molecule has 0 saturated heterocycles. The Morgan fingerprint density at radius 2 is 1.83 bits per heavy atom. The highest BCUT2D eigenvalue weighted by Gasteiger charge is 2.45. The molecule has 0 unspecified atom stereocenters. The Balaban J connectivity index is 2.12. The number of anilines is 1. The zero-order valence-corrected chi connectivity index (χ0v) is 14.1. The Morgan fingerprint density at radius 3 is 2.48 bits per heavy atom. The van der Waals surface area contributed by atoms with Gasteiger partial charge in [0.05, 0.1) is 6.04 Å². The van der Waals surface area contributed by atoms with Crippen LogP contribution in [-0.2, 0) is 9.53 Å². The summed E-state index contributed by atoms with van der Waals surface area (Å²) in [6, 6.07) is 16.7. The predicted octanol–water partition coefficient (Wildman–Crippen LogP) is 4.79. The quantitative estimate of drug-likeness (QED) is 0.810. The third-order valence-electron chi connectivity index (χ3n) is 4.63. The van der Waals surface area contributed by atoms with Crippen molar-refractivity contribution in [2.75, 3.05) is 5.32 Å². The molecule has 0 saturated carbocycles. The second-order valence-electron chi connectivity index (χ2n) is 6.89. The van der Waals surface area contributed by atoms with E-state index in [2.05, 4.69) is 56.4 Å². The SMILES string of the molecule is CC(=O)O[C@@H]1c2cc(C)ccc2N[C@H](c2ccccc2)C1(C)C. The van der Waals surface area contributed by atoms with Gasteiger partial charge in [-0.15, -0.1) is 0 Å². The lowest BCUT2D eigenvalue weighted by Crippen LogP contribution is -2.40. The smallest absolute Gasteiger partial charge is 0.303 e. The molecule has 2 aromatic rings. The van der Waals surface area contributed by atoms with Gasteiger partial charge in [0.15, 0.2) is 0 Å². The first kappa shape index (κ1) is 15.6. The van der Waals surface area contributed by atoms with Crippen molar-refractivity contribution in [1.82, 2.24) is 0 Å². The van der Waals surface area contributed by atoms with Gasteiger partial charge in [-0.2, -0.15) is 0 Å². The number of hydrogen-bond donors (Lipinski definition) is 1. The fraction of sp³-hybridized carbons (Fsp3) is 0.350. The summed E-state index contributed by atoms with van der Waals surface area (Å²) in [6.45, 7) is 7.83. The maximum absolute atomic E-state index is 11.7. The van der Waals surface area contributed by atoms with E-state index in [-0.39, 0.29) is 23.5 Å². The monoisotopic (exact) mass is 309 g/mol. The van der Waals surface area contributed by atoms with Crippen LogP contribution in [-0.4, -0.2) is 5.97 Å². The van der Waals surface area contributed by atoms with Gasteiger partial charge in [-0.25, -0.2) is 0 Å². The Kier molecular flexibility index (Phi) is 3.88. The molecule has 0 spiro atoms. The van der Waals surface area contributed by atoms with E-state index in [0.29, 0.717) is 0 Å². The first-order chi connectivity index (χ1) is 10.9. The number of nitrogens with one attached hydrogen (secondary N) is 1. The van der Waals surface area contributed by atoms with Crippen molar-refractivity contribution >= 4 is 11.7 Å². The molecular weight excluding hydrogens is 286 g/mol. The number of aryl methyl sites for hydroxylation is 1. The fourth-order valence-corrected chi connectivity index (χ4v) is 3.46. The molecule has 1 aliphatic heterocycles. The lowest BCUT2D eigenvalue weighted by molar-refractivity contribution is -0.154. The molecule has 2 atom stereocenters. The van der Waals surface area contributed by atoms with Crippen LogP contribution in [0.25, 0.3) is 0 Å². The highest BCUT2D eigenvalue weighted by molar-refractivity contribution is 5.68. The number of carbonyl (C=O) groups excluding carboxylic acids is 1. The van der Waals surface area contributed by atoms with E-state index in [1.165, 1.54) is 12.5 Å². The van der Waals surface area contributed by atoms with Crippen LogP contribution in [0.3, 0.4) is 0 Å². The second kappa shape index (κ2) is 5.73. The Hall–Kier alpha value is -2.29. The molecule has 0 amide bonds. The molecular formula is C20H23NO2. The van der Waals surface area contributed by atoms with Gasteiger partial charge in [0, 0.05) is 23.6 Å². The van der Waals surface area contributed by atoms with E-state index < -0.39 is 0 Å². The number of hydrogen-bond acceptors (Lipinski definition) is 3. The summed E-state index contributed by atoms with van der Waals surface area (Å²) in [5, 5.41) is 3.64. The van der Waals surface area contributed by atoms with E-state index in [4.69, 9.17) is 4.74 Å². The van der Waals surface area contributed by atoms with Crippen LogP contribution in [0.15, 0.2) is 48.5 Å². The average molecular weight is 309 g/mol. The van der Waals surface area contributed by atoms with Gasteiger partial charge in [0.25, 0.3) is 0 Å². The highest BCUT2D eigenvalue weighted by Crippen LogP contribution is 2.53. The molecule has 0 bridgehead atoms. The summed E-state index contributed by atoms with van der Waals surface area (Å²) in [5.41, 5.74) is 4.18. The van der Waals surface area contributed by atoms with Gasteiger partial charge in [0.1, 0.15) is 6.10 Å². The van der Waals surface area contributed by atoms with E-state index >= 15 is 0 Å². The zero-order chi connectivity index (χ0) is 16.6. The fourth-order valence-electron chi connectivity index (χ4n) is 3.46. The van der Waals surface area contributed by atoms with E-state index in [9.17, 15) is 4.79 Å². The number of fused-ring (bicyclic) bond motifs is 1. The molecule has 0 fully saturated rings. The van der Waals surface area contributed by atoms with Crippen molar-refractivity contribution in [1.29, 1.82) is 0 Å². The van der Waals surface area contributed by atoms with Gasteiger partial charge < -0.3 is 10.1 Å². The molecule has 3 nitrogen and oxygen atoms in total. The van der Waals surface area contributed by atoms with Crippen molar-refractivity contribution in [3.8, 4) is 0 Å². The van der Waals surface area contributed by atoms with Crippen LogP contribution in [0.2, 0.25) is 0 Å². The van der Waals surface area contributed by atoms with Gasteiger partial charge >= 0.3 is 5.97 Å². The van der Waals surface area contributed by atoms with Gasteiger partial charge in [-0.3, -0.25) is 4.79 Å². The molecule has 3 rings (SSSR count). The largest absolute Gasteiger partial charge is 0.457 e. The lowest BCUT2D eigenvalue weighted by atomic mass is 9.70. The van der Waals surface area contributed by atoms with Crippen LogP contribution in [0, 0.1) is 12.3 Å². The third kappa shape index (κ3) is 2.83. The van der Waals surface area contributed by atoms with Crippen molar-refractivity contribution in [2.45, 2.75) is 39.8 Å². The van der Waals surface area contributed by atoms with Crippen LogP contribution >= 0.6 is 0 Å². The number of rotatable bonds is 2. The normalized spacial score (nSPS) is 21.9. The lowest BCUT2D eigenvalue weighted by Gasteiger charge is -2.46. The van der Waals surface area contributed by atoms with Crippen molar-refractivity contribution in [3.05, 3.63) is 65.2 Å². The summed E-state index contributed by atoms with van der Waals surface area (Å²) >= 11 is 0. The molecule has 1 heterocycles. The summed E-state index contributed by atoms with van der Waals surface area (Å²) in [6.07, 6.45) is -0.277. The van der Waals surface area contributed by atoms with E-state index in [0.717, 1.165) is 16.8 Å². The minimum absolute atomic E-state index is 0.0725. The third-order valence-corrected chi connectivity index (χ3v) is 4.63. The van der Waals surface area contributed by atoms with Crippen LogP contribution < -0.4 is 5.32 Å². The molecule has 0 aliphatic carbocycles. The van der Waals surface area contributed by atoms with Crippen molar-refractivity contribution in [2.24, 2.45) is 5.41 Å². The zero-order valence-electron chi connectivity index (χ0n) is 14.1. The Labute approximate surface area is 137 Å². The maximum Gasteiger partial charge on any atom is 0.303 e. The number of esters is 1. The summed E-state index contributed by atoms with van der Waals surface area (Å²) in [7, 11) is 0. The van der Waals surface area contributed by atoms with E-state index in [1.54, 1.807) is 0 Å². The summed E-state index contributed by atoms with van der Waals surface area (Å²) in [5.74, 6) is -0.246. The highest BCUT2D eigenvalue weighted by atomic mass is 16.5. The number of carbonyl (C=O) groups is 1. The molecule has 0 aromatic heterocycles. The minimum Gasteiger partial charge on any atom is -0.457 e. The average Bonchev–Trinajstić information content (AvgIpc) is 2.51. The molecule has 1 N–H and O–H groups in total. The molecule has 0 radical (unpaired) electrons. The first-order valence-corrected chi connectivity index (χ1v) is 7.99. The minimum atomic E-state index is -0.277. The predicted molar refractivity (Wildman–Crippen MR) is 92.3 cm³/mol. The standard InChI is InChI=1S/C20H23NO2/c1-13-10-11-17-16(12-13)19(23-14(2)22)20(3,4)18(21-17)15-8-6-5-7-9-15/h5-12,18-19,21H,1-4H3/t18-,19-/m1/s1. The molecule has 1 aliphatic rings.